The lowest BCUT2D eigenvalue weighted by Crippen LogP contribution is -1.92. The molecule has 2 rings (SSSR count). The Hall–Kier alpha value is -2.12. The van der Waals surface area contributed by atoms with E-state index >= 15 is 0 Å². The van der Waals surface area contributed by atoms with E-state index in [2.05, 4.69) is 0 Å². The minimum absolute atomic E-state index is 0.00870. The fourth-order valence-corrected chi connectivity index (χ4v) is 2.35. The first-order chi connectivity index (χ1) is 11.4. The summed E-state index contributed by atoms with van der Waals surface area (Å²) >= 11 is 0. The number of aryl methyl sites for hydroxylation is 2. The fraction of sp³-hybridized carbons (Fsp3) is 0.333. The van der Waals surface area contributed by atoms with E-state index in [-0.39, 0.29) is 37.9 Å². The first-order valence-corrected chi connectivity index (χ1v) is 7.44. The maximum absolute atomic E-state index is 9.39. The van der Waals surface area contributed by atoms with Gasteiger partial charge in [0.15, 0.2) is 0 Å². The molecular formula is C18H24O6. The largest absolute Gasteiger partial charge is 0.507 e. The predicted molar refractivity (Wildman–Crippen MR) is 89.4 cm³/mol. The molecular weight excluding hydrogens is 312 g/mol. The maximum atomic E-state index is 9.39. The average Bonchev–Trinajstić information content (AvgIpc) is 2.58. The summed E-state index contributed by atoms with van der Waals surface area (Å²) in [5.41, 5.74) is 3.66. The van der Waals surface area contributed by atoms with Gasteiger partial charge < -0.3 is 30.6 Å². The van der Waals surface area contributed by atoms with Crippen molar-refractivity contribution in [3.63, 3.8) is 0 Å². The molecule has 24 heavy (non-hydrogen) atoms. The van der Waals surface area contributed by atoms with Crippen LogP contribution in [0.2, 0.25) is 0 Å². The van der Waals surface area contributed by atoms with Gasteiger partial charge in [-0.05, 0) is 13.8 Å². The topological polar surface area (TPSA) is 121 Å². The van der Waals surface area contributed by atoms with Crippen LogP contribution in [-0.4, -0.2) is 30.6 Å². The van der Waals surface area contributed by atoms with E-state index in [1.807, 2.05) is 13.8 Å². The molecule has 0 saturated heterocycles. The molecule has 0 aromatic heterocycles. The van der Waals surface area contributed by atoms with Gasteiger partial charge in [0, 0.05) is 22.3 Å². The Bertz CT molecular complexity index is 572. The van der Waals surface area contributed by atoms with Crippen molar-refractivity contribution in [1.29, 1.82) is 0 Å². The van der Waals surface area contributed by atoms with Crippen LogP contribution in [0.15, 0.2) is 24.3 Å². The molecule has 0 radical (unpaired) electrons. The molecule has 0 aliphatic heterocycles. The Morgan fingerprint density at radius 1 is 0.542 bits per heavy atom. The van der Waals surface area contributed by atoms with Gasteiger partial charge in [0.2, 0.25) is 0 Å². The van der Waals surface area contributed by atoms with Crippen molar-refractivity contribution in [3.05, 3.63) is 57.6 Å². The minimum Gasteiger partial charge on any atom is -0.507 e. The highest BCUT2D eigenvalue weighted by atomic mass is 16.3. The molecule has 0 amide bonds. The second kappa shape index (κ2) is 9.24. The lowest BCUT2D eigenvalue weighted by molar-refractivity contribution is 0.263. The van der Waals surface area contributed by atoms with Gasteiger partial charge in [-0.25, -0.2) is 0 Å². The van der Waals surface area contributed by atoms with Crippen LogP contribution in [0, 0.1) is 13.8 Å². The Balaban J connectivity index is 0.000000240. The van der Waals surface area contributed by atoms with Crippen molar-refractivity contribution >= 4 is 0 Å². The third kappa shape index (κ3) is 4.94. The number of hydrogen-bond donors (Lipinski definition) is 6. The molecule has 0 atom stereocenters. The van der Waals surface area contributed by atoms with Gasteiger partial charge in [-0.1, -0.05) is 35.4 Å². The van der Waals surface area contributed by atoms with Crippen LogP contribution in [0.3, 0.4) is 0 Å². The SMILES string of the molecule is Cc1cc(CO)c(O)c(CO)c1.Cc1cc(CO)c(O)c(CO)c1. The van der Waals surface area contributed by atoms with Crippen LogP contribution in [0.4, 0.5) is 0 Å². The number of aromatic hydroxyl groups is 2. The van der Waals surface area contributed by atoms with Gasteiger partial charge in [0.05, 0.1) is 26.4 Å². The maximum Gasteiger partial charge on any atom is 0.126 e. The zero-order chi connectivity index (χ0) is 18.3. The van der Waals surface area contributed by atoms with Crippen LogP contribution in [-0.2, 0) is 26.4 Å². The van der Waals surface area contributed by atoms with Crippen molar-refractivity contribution in [2.24, 2.45) is 0 Å². The van der Waals surface area contributed by atoms with Crippen LogP contribution in [0.25, 0.3) is 0 Å². The summed E-state index contributed by atoms with van der Waals surface area (Å²) < 4.78 is 0. The molecule has 6 N–H and O–H groups in total. The van der Waals surface area contributed by atoms with E-state index in [0.717, 1.165) is 11.1 Å². The zero-order valence-electron chi connectivity index (χ0n) is 13.8. The van der Waals surface area contributed by atoms with Crippen LogP contribution < -0.4 is 0 Å². The Morgan fingerprint density at radius 2 is 0.750 bits per heavy atom. The molecule has 0 spiro atoms. The van der Waals surface area contributed by atoms with Crippen molar-refractivity contribution in [3.8, 4) is 11.5 Å². The number of aliphatic hydroxyl groups excluding tert-OH is 4. The van der Waals surface area contributed by atoms with Crippen molar-refractivity contribution in [2.45, 2.75) is 40.3 Å². The molecule has 0 heterocycles. The quantitative estimate of drug-likeness (QED) is 0.501. The molecule has 132 valence electrons. The number of benzene rings is 2. The summed E-state index contributed by atoms with van der Waals surface area (Å²) in [4.78, 5) is 0. The van der Waals surface area contributed by atoms with Crippen molar-refractivity contribution < 1.29 is 30.6 Å². The van der Waals surface area contributed by atoms with Gasteiger partial charge in [-0.3, -0.25) is 0 Å². The Morgan fingerprint density at radius 3 is 0.917 bits per heavy atom. The highest BCUT2D eigenvalue weighted by Crippen LogP contribution is 2.25. The van der Waals surface area contributed by atoms with E-state index < -0.39 is 0 Å². The third-order valence-electron chi connectivity index (χ3n) is 3.51. The smallest absolute Gasteiger partial charge is 0.126 e. The molecule has 2 aromatic carbocycles. The molecule has 0 fully saturated rings. The van der Waals surface area contributed by atoms with Gasteiger partial charge in [-0.2, -0.15) is 0 Å². The van der Waals surface area contributed by atoms with Gasteiger partial charge in [0.25, 0.3) is 0 Å². The molecule has 6 heteroatoms. The van der Waals surface area contributed by atoms with Gasteiger partial charge >= 0.3 is 0 Å². The summed E-state index contributed by atoms with van der Waals surface area (Å²) in [7, 11) is 0. The number of aliphatic hydroxyl groups is 4. The second-order valence-electron chi connectivity index (χ2n) is 5.50. The molecule has 0 saturated carbocycles. The fourth-order valence-electron chi connectivity index (χ4n) is 2.35. The van der Waals surface area contributed by atoms with Crippen LogP contribution in [0.1, 0.15) is 33.4 Å². The molecule has 0 unspecified atom stereocenters. The third-order valence-corrected chi connectivity index (χ3v) is 3.51. The lowest BCUT2D eigenvalue weighted by Gasteiger charge is -2.07. The Labute approximate surface area is 140 Å². The van der Waals surface area contributed by atoms with E-state index in [4.69, 9.17) is 20.4 Å². The summed E-state index contributed by atoms with van der Waals surface area (Å²) in [5, 5.41) is 54.1. The Kier molecular flexibility index (Phi) is 7.67. The minimum atomic E-state index is -0.208. The second-order valence-corrected chi connectivity index (χ2v) is 5.50. The first-order valence-electron chi connectivity index (χ1n) is 7.44. The predicted octanol–water partition coefficient (Wildman–Crippen LogP) is 1.37. The zero-order valence-corrected chi connectivity index (χ0v) is 13.8. The molecule has 0 aliphatic rings. The van der Waals surface area contributed by atoms with Crippen LogP contribution in [0.5, 0.6) is 11.5 Å². The number of hydrogen-bond acceptors (Lipinski definition) is 6. The molecule has 6 nitrogen and oxygen atoms in total. The summed E-state index contributed by atoms with van der Waals surface area (Å²) in [6.45, 7) is 2.86. The van der Waals surface area contributed by atoms with Crippen molar-refractivity contribution in [2.75, 3.05) is 0 Å². The van der Waals surface area contributed by atoms with E-state index in [1.54, 1.807) is 24.3 Å². The van der Waals surface area contributed by atoms with Crippen molar-refractivity contribution in [1.82, 2.24) is 0 Å². The lowest BCUT2D eigenvalue weighted by atomic mass is 10.1. The van der Waals surface area contributed by atoms with Gasteiger partial charge in [0.1, 0.15) is 11.5 Å². The summed E-state index contributed by atoms with van der Waals surface area (Å²) in [5.74, 6) is -0.0174. The summed E-state index contributed by atoms with van der Waals surface area (Å²) in [6, 6.07) is 6.76. The summed E-state index contributed by atoms with van der Waals surface area (Å²) in [6.07, 6.45) is 0. The monoisotopic (exact) mass is 336 g/mol. The highest BCUT2D eigenvalue weighted by Gasteiger charge is 2.07. The first kappa shape index (κ1) is 19.9. The number of phenols is 2. The van der Waals surface area contributed by atoms with Crippen LogP contribution >= 0.6 is 0 Å². The molecule has 0 bridgehead atoms. The molecule has 0 aliphatic carbocycles. The van der Waals surface area contributed by atoms with E-state index in [1.165, 1.54) is 0 Å². The van der Waals surface area contributed by atoms with Gasteiger partial charge in [-0.15, -0.1) is 0 Å². The average molecular weight is 336 g/mol. The molecule has 2 aromatic rings. The standard InChI is InChI=1S/2C9H12O3/c2*1-6-2-7(4-10)9(12)8(3-6)5-11/h2*2-3,10-12H,4-5H2,1H3. The van der Waals surface area contributed by atoms with E-state index in [9.17, 15) is 10.2 Å². The van der Waals surface area contributed by atoms with E-state index in [0.29, 0.717) is 22.3 Å². The highest BCUT2D eigenvalue weighted by molar-refractivity contribution is 5.43. The normalized spacial score (nSPS) is 10.2. The number of rotatable bonds is 4.